The number of carbonyl (C=O) groups excluding carboxylic acids is 2. The third kappa shape index (κ3) is 5.77. The summed E-state index contributed by atoms with van der Waals surface area (Å²) in [5.41, 5.74) is 4.40. The number of benzene rings is 2. The number of aromatic nitrogens is 1. The molecule has 0 spiro atoms. The Balaban J connectivity index is 1.37. The van der Waals surface area contributed by atoms with Gasteiger partial charge in [0.1, 0.15) is 0 Å². The molecule has 0 saturated heterocycles. The quantitative estimate of drug-likeness (QED) is 0.373. The zero-order valence-corrected chi connectivity index (χ0v) is 20.7. The van der Waals surface area contributed by atoms with Crippen molar-refractivity contribution in [2.45, 2.75) is 43.9 Å². The van der Waals surface area contributed by atoms with E-state index in [1.165, 1.54) is 23.1 Å². The van der Waals surface area contributed by atoms with Crippen molar-refractivity contribution in [3.05, 3.63) is 47.5 Å². The Hall–Kier alpha value is -2.91. The molecule has 1 aliphatic rings. The van der Waals surface area contributed by atoms with E-state index in [2.05, 4.69) is 15.6 Å². The predicted molar refractivity (Wildman–Crippen MR) is 137 cm³/mol. The molecule has 0 bridgehead atoms. The summed E-state index contributed by atoms with van der Waals surface area (Å²) in [6, 6.07) is 11.4. The number of aryl methyl sites for hydroxylation is 2. The average Bonchev–Trinajstić information content (AvgIpc) is 3.22. The van der Waals surface area contributed by atoms with Gasteiger partial charge in [-0.25, -0.2) is 4.98 Å². The van der Waals surface area contributed by atoms with Crippen LogP contribution in [0.5, 0.6) is 0 Å². The molecule has 1 fully saturated rings. The molecular formula is C25H27N3O4S2. The minimum absolute atomic E-state index is 0.0929. The summed E-state index contributed by atoms with van der Waals surface area (Å²) in [7, 11) is 0. The van der Waals surface area contributed by atoms with Crippen molar-refractivity contribution in [2.24, 2.45) is 11.8 Å². The van der Waals surface area contributed by atoms with E-state index in [1.807, 2.05) is 44.2 Å². The monoisotopic (exact) mass is 497 g/mol. The normalized spacial score (nSPS) is 17.9. The Bertz CT molecular complexity index is 1240. The fourth-order valence-corrected chi connectivity index (χ4v) is 6.19. The maximum absolute atomic E-state index is 12.8. The maximum Gasteiger partial charge on any atom is 0.307 e. The molecule has 1 saturated carbocycles. The number of thioether (sulfide) groups is 1. The first-order valence-corrected chi connectivity index (χ1v) is 13.0. The minimum Gasteiger partial charge on any atom is -0.481 e. The predicted octanol–water partition coefficient (Wildman–Crippen LogP) is 5.47. The number of hydrogen-bond acceptors (Lipinski definition) is 6. The van der Waals surface area contributed by atoms with Crippen molar-refractivity contribution in [1.29, 1.82) is 0 Å². The molecule has 34 heavy (non-hydrogen) atoms. The van der Waals surface area contributed by atoms with Crippen LogP contribution in [0.4, 0.5) is 11.4 Å². The van der Waals surface area contributed by atoms with Gasteiger partial charge in [0.05, 0.1) is 27.8 Å². The molecule has 3 aromatic rings. The Morgan fingerprint density at radius 3 is 2.56 bits per heavy atom. The molecule has 2 amide bonds. The largest absolute Gasteiger partial charge is 0.481 e. The minimum atomic E-state index is -0.902. The molecular weight excluding hydrogens is 470 g/mol. The first-order valence-electron chi connectivity index (χ1n) is 11.2. The molecule has 4 rings (SSSR count). The van der Waals surface area contributed by atoms with Crippen LogP contribution < -0.4 is 10.6 Å². The summed E-state index contributed by atoms with van der Waals surface area (Å²) >= 11 is 2.83. The Morgan fingerprint density at radius 1 is 1.06 bits per heavy atom. The highest BCUT2D eigenvalue weighted by molar-refractivity contribution is 8.01. The van der Waals surface area contributed by atoms with Crippen LogP contribution in [0.2, 0.25) is 0 Å². The lowest BCUT2D eigenvalue weighted by atomic mass is 9.78. The van der Waals surface area contributed by atoms with Crippen LogP contribution in [0.3, 0.4) is 0 Å². The maximum atomic E-state index is 12.8. The van der Waals surface area contributed by atoms with Crippen molar-refractivity contribution in [1.82, 2.24) is 4.98 Å². The standard InChI is InChI=1S/C25H27N3O4S2/c1-14-7-9-19(15(2)11-14)27-22(29)13-33-25-28-20-10-8-16(12-21(20)34-25)26-23(30)17-5-3-4-6-18(17)24(31)32/h7-12,17-18H,3-6,13H2,1-2H3,(H,26,30)(H,27,29)(H,31,32)/t17-,18-/m1/s1. The first kappa shape index (κ1) is 24.2. The second kappa shape index (κ2) is 10.6. The lowest BCUT2D eigenvalue weighted by Gasteiger charge is -2.27. The Morgan fingerprint density at radius 2 is 1.82 bits per heavy atom. The molecule has 2 aromatic carbocycles. The summed E-state index contributed by atoms with van der Waals surface area (Å²) in [6.45, 7) is 3.98. The van der Waals surface area contributed by atoms with Crippen molar-refractivity contribution < 1.29 is 19.5 Å². The van der Waals surface area contributed by atoms with Gasteiger partial charge in [0.15, 0.2) is 4.34 Å². The van der Waals surface area contributed by atoms with Gasteiger partial charge in [0.25, 0.3) is 0 Å². The number of aliphatic carboxylic acids is 1. The van der Waals surface area contributed by atoms with Crippen LogP contribution in [0.25, 0.3) is 10.2 Å². The fraction of sp³-hybridized carbons (Fsp3) is 0.360. The number of nitrogens with zero attached hydrogens (tertiary/aromatic N) is 1. The molecule has 7 nitrogen and oxygen atoms in total. The van der Waals surface area contributed by atoms with Crippen LogP contribution in [-0.2, 0) is 14.4 Å². The van der Waals surface area contributed by atoms with Crippen LogP contribution in [-0.4, -0.2) is 33.6 Å². The second-order valence-corrected chi connectivity index (χ2v) is 10.9. The van der Waals surface area contributed by atoms with Crippen LogP contribution in [0.15, 0.2) is 40.7 Å². The molecule has 1 aliphatic carbocycles. The molecule has 0 unspecified atom stereocenters. The number of carboxylic acid groups (broad SMARTS) is 1. The summed E-state index contributed by atoms with van der Waals surface area (Å²) in [4.78, 5) is 41.3. The highest BCUT2D eigenvalue weighted by Crippen LogP contribution is 2.34. The third-order valence-corrected chi connectivity index (χ3v) is 8.20. The van der Waals surface area contributed by atoms with Gasteiger partial charge in [-0.05, 0) is 56.5 Å². The van der Waals surface area contributed by atoms with E-state index in [0.717, 1.165) is 44.2 Å². The highest BCUT2D eigenvalue weighted by atomic mass is 32.2. The highest BCUT2D eigenvalue weighted by Gasteiger charge is 2.35. The van der Waals surface area contributed by atoms with Crippen LogP contribution in [0, 0.1) is 25.7 Å². The van der Waals surface area contributed by atoms with Gasteiger partial charge in [-0.2, -0.15) is 0 Å². The molecule has 0 radical (unpaired) electrons. The van der Waals surface area contributed by atoms with Gasteiger partial charge in [-0.3, -0.25) is 14.4 Å². The topological polar surface area (TPSA) is 108 Å². The fourth-order valence-electron chi connectivity index (χ4n) is 4.29. The van der Waals surface area contributed by atoms with Crippen molar-refractivity contribution in [3.8, 4) is 0 Å². The summed E-state index contributed by atoms with van der Waals surface area (Å²) in [5, 5.41) is 15.3. The second-order valence-electron chi connectivity index (χ2n) is 8.64. The number of nitrogens with one attached hydrogen (secondary N) is 2. The number of carbonyl (C=O) groups is 3. The lowest BCUT2D eigenvalue weighted by Crippen LogP contribution is -2.36. The van der Waals surface area contributed by atoms with E-state index in [4.69, 9.17) is 0 Å². The first-order chi connectivity index (χ1) is 16.3. The summed E-state index contributed by atoms with van der Waals surface area (Å²) in [5.74, 6) is -2.13. The van der Waals surface area contributed by atoms with E-state index < -0.39 is 17.8 Å². The number of carboxylic acids is 1. The van der Waals surface area contributed by atoms with Gasteiger partial charge in [-0.15, -0.1) is 11.3 Å². The number of thiazole rings is 1. The Labute approximate surface area is 206 Å². The number of fused-ring (bicyclic) bond motifs is 1. The number of hydrogen-bond donors (Lipinski definition) is 3. The van der Waals surface area contributed by atoms with Crippen molar-refractivity contribution in [2.75, 3.05) is 16.4 Å². The molecule has 1 heterocycles. The van der Waals surface area contributed by atoms with Crippen LogP contribution in [0.1, 0.15) is 36.8 Å². The number of amides is 2. The van der Waals surface area contributed by atoms with E-state index in [1.54, 1.807) is 6.07 Å². The van der Waals surface area contributed by atoms with E-state index in [-0.39, 0.29) is 17.6 Å². The molecule has 1 aromatic heterocycles. The van der Waals surface area contributed by atoms with Gasteiger partial charge in [0, 0.05) is 11.4 Å². The number of anilines is 2. The molecule has 0 aliphatic heterocycles. The van der Waals surface area contributed by atoms with Gasteiger partial charge >= 0.3 is 5.97 Å². The average molecular weight is 498 g/mol. The summed E-state index contributed by atoms with van der Waals surface area (Å²) < 4.78 is 1.67. The van der Waals surface area contributed by atoms with Crippen molar-refractivity contribution in [3.63, 3.8) is 0 Å². The molecule has 9 heteroatoms. The lowest BCUT2D eigenvalue weighted by molar-refractivity contribution is -0.147. The molecule has 2 atom stereocenters. The Kier molecular flexibility index (Phi) is 7.53. The zero-order valence-electron chi connectivity index (χ0n) is 19.1. The zero-order chi connectivity index (χ0) is 24.2. The smallest absolute Gasteiger partial charge is 0.307 e. The van der Waals surface area contributed by atoms with Gasteiger partial charge in [0.2, 0.25) is 11.8 Å². The van der Waals surface area contributed by atoms with E-state index in [0.29, 0.717) is 18.5 Å². The SMILES string of the molecule is Cc1ccc(NC(=O)CSc2nc3ccc(NC(=O)[C@@H]4CCCC[C@H]4C(=O)O)cc3s2)c(C)c1. The number of rotatable bonds is 7. The van der Waals surface area contributed by atoms with Crippen molar-refractivity contribution >= 4 is 62.5 Å². The van der Waals surface area contributed by atoms with Crippen LogP contribution >= 0.6 is 23.1 Å². The van der Waals surface area contributed by atoms with Gasteiger partial charge < -0.3 is 15.7 Å². The van der Waals surface area contributed by atoms with E-state index in [9.17, 15) is 19.5 Å². The summed E-state index contributed by atoms with van der Waals surface area (Å²) in [6.07, 6.45) is 2.85. The van der Waals surface area contributed by atoms with Gasteiger partial charge in [-0.1, -0.05) is 42.3 Å². The third-order valence-electron chi connectivity index (χ3n) is 6.04. The molecule has 3 N–H and O–H groups in total. The van der Waals surface area contributed by atoms with E-state index >= 15 is 0 Å². The molecule has 178 valence electrons.